The predicted molar refractivity (Wildman–Crippen MR) is 89.5 cm³/mol. The van der Waals surface area contributed by atoms with Crippen LogP contribution >= 0.6 is 0 Å². The van der Waals surface area contributed by atoms with Crippen LogP contribution in [0.4, 0.5) is 5.69 Å². The molecule has 0 bridgehead atoms. The summed E-state index contributed by atoms with van der Waals surface area (Å²) in [5.41, 5.74) is 5.75. The largest absolute Gasteiger partial charge is 0.361 e. The van der Waals surface area contributed by atoms with Gasteiger partial charge in [0.25, 0.3) is 0 Å². The first kappa shape index (κ1) is 12.0. The summed E-state index contributed by atoms with van der Waals surface area (Å²) < 4.78 is 0. The third-order valence-corrected chi connectivity index (χ3v) is 3.85. The number of anilines is 1. The van der Waals surface area contributed by atoms with Crippen molar-refractivity contribution in [3.63, 3.8) is 0 Å². The van der Waals surface area contributed by atoms with Gasteiger partial charge in [-0.05, 0) is 23.8 Å². The molecule has 1 aliphatic rings. The molecule has 0 amide bonds. The number of allylic oxidation sites excluding steroid dienone is 1. The quantitative estimate of drug-likeness (QED) is 0.709. The molecule has 1 aliphatic heterocycles. The van der Waals surface area contributed by atoms with Crippen molar-refractivity contribution in [3.05, 3.63) is 65.9 Å². The van der Waals surface area contributed by atoms with Gasteiger partial charge in [-0.1, -0.05) is 36.4 Å². The van der Waals surface area contributed by atoms with E-state index in [0.717, 1.165) is 16.8 Å². The summed E-state index contributed by atoms with van der Waals surface area (Å²) in [7, 11) is 1.99. The van der Waals surface area contributed by atoms with Gasteiger partial charge >= 0.3 is 0 Å². The van der Waals surface area contributed by atoms with E-state index in [1.807, 2.05) is 30.5 Å². The number of nitrogens with one attached hydrogen (secondary N) is 1. The second-order valence-corrected chi connectivity index (χ2v) is 5.18. The van der Waals surface area contributed by atoms with E-state index in [1.165, 1.54) is 16.5 Å². The maximum atomic E-state index is 4.58. The minimum atomic E-state index is 1.12. The van der Waals surface area contributed by atoms with Gasteiger partial charge in [0, 0.05) is 35.3 Å². The highest BCUT2D eigenvalue weighted by molar-refractivity contribution is 6.18. The van der Waals surface area contributed by atoms with Crippen LogP contribution in [0.5, 0.6) is 0 Å². The van der Waals surface area contributed by atoms with Crippen LogP contribution in [0.1, 0.15) is 11.1 Å². The molecule has 2 aromatic carbocycles. The van der Waals surface area contributed by atoms with Crippen molar-refractivity contribution in [2.45, 2.75) is 0 Å². The fourth-order valence-electron chi connectivity index (χ4n) is 2.81. The summed E-state index contributed by atoms with van der Waals surface area (Å²) in [6, 6.07) is 16.7. The van der Waals surface area contributed by atoms with Crippen LogP contribution in [0.25, 0.3) is 22.6 Å². The third kappa shape index (κ3) is 1.94. The molecule has 0 fully saturated rings. The molecule has 0 saturated carbocycles. The molecule has 3 aromatic rings. The fourth-order valence-corrected chi connectivity index (χ4v) is 2.81. The number of hydrogen-bond donors (Lipinski definition) is 1. The van der Waals surface area contributed by atoms with Gasteiger partial charge < -0.3 is 4.98 Å². The van der Waals surface area contributed by atoms with E-state index < -0.39 is 0 Å². The van der Waals surface area contributed by atoms with E-state index >= 15 is 0 Å². The predicted octanol–water partition coefficient (Wildman–Crippen LogP) is 4.14. The van der Waals surface area contributed by atoms with Crippen molar-refractivity contribution in [1.29, 1.82) is 0 Å². The highest BCUT2D eigenvalue weighted by Crippen LogP contribution is 2.34. The van der Waals surface area contributed by atoms with Crippen molar-refractivity contribution in [1.82, 2.24) is 4.98 Å². The number of benzene rings is 2. The summed E-state index contributed by atoms with van der Waals surface area (Å²) in [6.45, 7) is 0. The molecule has 4 rings (SSSR count). The Morgan fingerprint density at radius 2 is 1.86 bits per heavy atom. The van der Waals surface area contributed by atoms with Gasteiger partial charge in [-0.3, -0.25) is 5.01 Å². The van der Waals surface area contributed by atoms with E-state index in [4.69, 9.17) is 0 Å². The van der Waals surface area contributed by atoms with Gasteiger partial charge in [0.05, 0.1) is 11.9 Å². The van der Waals surface area contributed by atoms with Gasteiger partial charge in [0.1, 0.15) is 0 Å². The van der Waals surface area contributed by atoms with Gasteiger partial charge in [0.2, 0.25) is 0 Å². The second kappa shape index (κ2) is 4.63. The van der Waals surface area contributed by atoms with Crippen molar-refractivity contribution in [2.75, 3.05) is 12.1 Å². The maximum absolute atomic E-state index is 4.58. The van der Waals surface area contributed by atoms with Crippen molar-refractivity contribution in [2.24, 2.45) is 5.10 Å². The first-order valence-corrected chi connectivity index (χ1v) is 6.98. The van der Waals surface area contributed by atoms with E-state index in [1.54, 1.807) is 0 Å². The summed E-state index contributed by atoms with van der Waals surface area (Å²) in [4.78, 5) is 3.25. The van der Waals surface area contributed by atoms with E-state index in [0.29, 0.717) is 0 Å². The van der Waals surface area contributed by atoms with Crippen LogP contribution < -0.4 is 5.01 Å². The van der Waals surface area contributed by atoms with Crippen LogP contribution in [0.2, 0.25) is 0 Å². The Hall–Kier alpha value is -2.81. The molecule has 0 spiro atoms. The number of hydrogen-bond acceptors (Lipinski definition) is 2. The zero-order chi connectivity index (χ0) is 14.2. The number of rotatable bonds is 1. The topological polar surface area (TPSA) is 31.4 Å². The Morgan fingerprint density at radius 1 is 1.00 bits per heavy atom. The van der Waals surface area contributed by atoms with E-state index in [-0.39, 0.29) is 0 Å². The Morgan fingerprint density at radius 3 is 2.71 bits per heavy atom. The molecule has 0 aliphatic carbocycles. The standard InChI is InChI=1S/C18H15N3/c1-21-18-14(7-8-17-16(18)9-10-19-17)11-15(12-20-21)13-5-3-2-4-6-13/h2-12,19H,1H3. The third-order valence-electron chi connectivity index (χ3n) is 3.85. The molecular formula is C18H15N3. The van der Waals surface area contributed by atoms with Crippen LogP contribution in [0, 0.1) is 0 Å². The molecule has 0 saturated heterocycles. The van der Waals surface area contributed by atoms with Gasteiger partial charge in [0.15, 0.2) is 0 Å². The zero-order valence-electron chi connectivity index (χ0n) is 11.7. The van der Waals surface area contributed by atoms with E-state index in [2.05, 4.69) is 58.6 Å². The maximum Gasteiger partial charge on any atom is 0.0756 e. The van der Waals surface area contributed by atoms with Crippen molar-refractivity contribution in [3.8, 4) is 0 Å². The van der Waals surface area contributed by atoms with Crippen molar-refractivity contribution >= 4 is 34.5 Å². The molecule has 0 radical (unpaired) electrons. The lowest BCUT2D eigenvalue weighted by Gasteiger charge is -2.15. The fraction of sp³-hybridized carbons (Fsp3) is 0.0556. The number of H-pyrrole nitrogens is 1. The first-order chi connectivity index (χ1) is 10.3. The lowest BCUT2D eigenvalue weighted by atomic mass is 10.0. The Balaban J connectivity index is 1.96. The number of fused-ring (bicyclic) bond motifs is 3. The summed E-state index contributed by atoms with van der Waals surface area (Å²) in [5.74, 6) is 0. The average Bonchev–Trinajstić information content (AvgIpc) is 2.93. The molecule has 1 N–H and O–H groups in total. The molecule has 21 heavy (non-hydrogen) atoms. The molecule has 0 atom stereocenters. The highest BCUT2D eigenvalue weighted by atomic mass is 15.4. The minimum absolute atomic E-state index is 1.12. The number of hydrazone groups is 1. The molecule has 3 heteroatoms. The minimum Gasteiger partial charge on any atom is -0.361 e. The van der Waals surface area contributed by atoms with Crippen LogP contribution in [0.3, 0.4) is 0 Å². The Bertz CT molecular complexity index is 857. The summed E-state index contributed by atoms with van der Waals surface area (Å²) in [5, 5.41) is 7.71. The monoisotopic (exact) mass is 273 g/mol. The van der Waals surface area contributed by atoms with Crippen LogP contribution in [-0.4, -0.2) is 18.2 Å². The average molecular weight is 273 g/mol. The molecule has 102 valence electrons. The molecule has 1 aromatic heterocycles. The molecule has 2 heterocycles. The lowest BCUT2D eigenvalue weighted by Crippen LogP contribution is -2.09. The van der Waals surface area contributed by atoms with Gasteiger partial charge in [-0.2, -0.15) is 5.10 Å². The zero-order valence-corrected chi connectivity index (χ0v) is 11.7. The smallest absolute Gasteiger partial charge is 0.0756 e. The summed E-state index contributed by atoms with van der Waals surface area (Å²) >= 11 is 0. The second-order valence-electron chi connectivity index (χ2n) is 5.18. The van der Waals surface area contributed by atoms with Crippen LogP contribution in [-0.2, 0) is 0 Å². The normalized spacial score (nSPS) is 14.0. The molecule has 0 unspecified atom stereocenters. The van der Waals surface area contributed by atoms with Crippen molar-refractivity contribution < 1.29 is 0 Å². The Kier molecular flexibility index (Phi) is 2.64. The van der Waals surface area contributed by atoms with Gasteiger partial charge in [-0.15, -0.1) is 0 Å². The molecular weight excluding hydrogens is 258 g/mol. The SMILES string of the molecule is CN1N=CC(c2ccccc2)=Cc2ccc3[nH]ccc3c21. The number of nitrogens with zero attached hydrogens (tertiary/aromatic N) is 2. The summed E-state index contributed by atoms with van der Waals surface area (Å²) in [6.07, 6.45) is 6.09. The Labute approximate surface area is 123 Å². The molecule has 3 nitrogen and oxygen atoms in total. The number of aromatic amines is 1. The highest BCUT2D eigenvalue weighted by Gasteiger charge is 2.14. The number of aromatic nitrogens is 1. The lowest BCUT2D eigenvalue weighted by molar-refractivity contribution is 1.03. The van der Waals surface area contributed by atoms with Gasteiger partial charge in [-0.25, -0.2) is 0 Å². The van der Waals surface area contributed by atoms with E-state index in [9.17, 15) is 0 Å². The van der Waals surface area contributed by atoms with Crippen LogP contribution in [0.15, 0.2) is 59.8 Å². The first-order valence-electron chi connectivity index (χ1n) is 6.98.